The van der Waals surface area contributed by atoms with Crippen molar-refractivity contribution < 1.29 is 9.53 Å². The zero-order valence-electron chi connectivity index (χ0n) is 14.7. The van der Waals surface area contributed by atoms with Crippen LogP contribution >= 0.6 is 0 Å². The molecule has 3 aromatic carbocycles. The maximum atomic E-state index is 12.8. The number of fused-ring (bicyclic) bond motifs is 1. The molecule has 0 saturated heterocycles. The molecule has 3 nitrogen and oxygen atoms in total. The number of ether oxygens (including phenoxy) is 1. The SMILES string of the molecule is Cc1ccc2[nH]c(C)c(-c3ccccc3C(=O)Oc3ccccc3)c2c1. The Balaban J connectivity index is 1.83. The van der Waals surface area contributed by atoms with Gasteiger partial charge in [-0.15, -0.1) is 0 Å². The molecule has 0 fully saturated rings. The first kappa shape index (κ1) is 16.2. The Morgan fingerprint density at radius 3 is 2.42 bits per heavy atom. The van der Waals surface area contributed by atoms with Crippen molar-refractivity contribution in [2.75, 3.05) is 0 Å². The number of rotatable bonds is 3. The standard InChI is InChI=1S/C23H19NO2/c1-15-12-13-21-20(14-15)22(16(2)24-21)18-10-6-7-11-19(18)23(25)26-17-8-4-3-5-9-17/h3-14,24H,1-2H3. The van der Waals surface area contributed by atoms with E-state index in [9.17, 15) is 4.79 Å². The summed E-state index contributed by atoms with van der Waals surface area (Å²) in [5.41, 5.74) is 5.76. The molecule has 0 aliphatic carbocycles. The summed E-state index contributed by atoms with van der Waals surface area (Å²) >= 11 is 0. The number of carbonyl (C=O) groups excluding carboxylic acids is 1. The van der Waals surface area contributed by atoms with Crippen molar-refractivity contribution in [3.05, 3.63) is 89.6 Å². The highest BCUT2D eigenvalue weighted by Gasteiger charge is 2.19. The lowest BCUT2D eigenvalue weighted by Gasteiger charge is -2.10. The topological polar surface area (TPSA) is 42.1 Å². The number of H-pyrrole nitrogens is 1. The van der Waals surface area contributed by atoms with Crippen molar-refractivity contribution in [1.82, 2.24) is 4.98 Å². The maximum Gasteiger partial charge on any atom is 0.344 e. The molecule has 1 heterocycles. The van der Waals surface area contributed by atoms with Crippen LogP contribution in [0, 0.1) is 13.8 Å². The number of aryl methyl sites for hydroxylation is 2. The predicted octanol–water partition coefficient (Wildman–Crippen LogP) is 5.67. The molecule has 4 rings (SSSR count). The quantitative estimate of drug-likeness (QED) is 0.385. The van der Waals surface area contributed by atoms with Gasteiger partial charge in [-0.2, -0.15) is 0 Å². The fraction of sp³-hybridized carbons (Fsp3) is 0.0870. The molecule has 0 bridgehead atoms. The molecular formula is C23H19NO2. The Morgan fingerprint density at radius 2 is 1.62 bits per heavy atom. The lowest BCUT2D eigenvalue weighted by Crippen LogP contribution is -2.10. The minimum absolute atomic E-state index is 0.354. The second kappa shape index (κ2) is 6.52. The molecule has 0 spiro atoms. The van der Waals surface area contributed by atoms with Crippen LogP contribution in [0.15, 0.2) is 72.8 Å². The van der Waals surface area contributed by atoms with Gasteiger partial charge >= 0.3 is 5.97 Å². The van der Waals surface area contributed by atoms with Crippen molar-refractivity contribution >= 4 is 16.9 Å². The number of hydrogen-bond donors (Lipinski definition) is 1. The molecule has 0 aliphatic heterocycles. The number of esters is 1. The monoisotopic (exact) mass is 341 g/mol. The van der Waals surface area contributed by atoms with Gasteiger partial charge in [0.1, 0.15) is 5.75 Å². The van der Waals surface area contributed by atoms with Gasteiger partial charge in [-0.25, -0.2) is 4.79 Å². The van der Waals surface area contributed by atoms with E-state index in [2.05, 4.69) is 30.1 Å². The van der Waals surface area contributed by atoms with Crippen LogP contribution < -0.4 is 4.74 Å². The highest BCUT2D eigenvalue weighted by atomic mass is 16.5. The maximum absolute atomic E-state index is 12.8. The van der Waals surface area contributed by atoms with Gasteiger partial charge in [0.15, 0.2) is 0 Å². The molecule has 0 atom stereocenters. The summed E-state index contributed by atoms with van der Waals surface area (Å²) in [6.45, 7) is 4.10. The average Bonchev–Trinajstić information content (AvgIpc) is 2.97. The van der Waals surface area contributed by atoms with Gasteiger partial charge in [-0.1, -0.05) is 48.0 Å². The fourth-order valence-electron chi connectivity index (χ4n) is 3.32. The molecule has 0 amide bonds. The summed E-state index contributed by atoms with van der Waals surface area (Å²) in [7, 11) is 0. The molecule has 26 heavy (non-hydrogen) atoms. The third kappa shape index (κ3) is 2.88. The summed E-state index contributed by atoms with van der Waals surface area (Å²) in [5, 5.41) is 1.11. The highest BCUT2D eigenvalue weighted by molar-refractivity contribution is 6.05. The smallest absolute Gasteiger partial charge is 0.344 e. The molecule has 4 aromatic rings. The van der Waals surface area contributed by atoms with E-state index in [0.717, 1.165) is 27.7 Å². The Morgan fingerprint density at radius 1 is 0.885 bits per heavy atom. The Bertz CT molecular complexity index is 1090. The van der Waals surface area contributed by atoms with E-state index in [0.29, 0.717) is 11.3 Å². The van der Waals surface area contributed by atoms with E-state index in [4.69, 9.17) is 4.74 Å². The zero-order chi connectivity index (χ0) is 18.1. The molecule has 0 radical (unpaired) electrons. The molecule has 1 N–H and O–H groups in total. The van der Waals surface area contributed by atoms with E-state index in [1.165, 1.54) is 5.56 Å². The molecule has 128 valence electrons. The Hall–Kier alpha value is -3.33. The lowest BCUT2D eigenvalue weighted by molar-refractivity contribution is 0.0735. The van der Waals surface area contributed by atoms with Crippen LogP contribution in [0.25, 0.3) is 22.0 Å². The summed E-state index contributed by atoms with van der Waals surface area (Å²) < 4.78 is 5.57. The van der Waals surface area contributed by atoms with Crippen molar-refractivity contribution in [3.63, 3.8) is 0 Å². The van der Waals surface area contributed by atoms with E-state index < -0.39 is 0 Å². The highest BCUT2D eigenvalue weighted by Crippen LogP contribution is 2.35. The number of nitrogens with one attached hydrogen (secondary N) is 1. The van der Waals surface area contributed by atoms with Crippen molar-refractivity contribution in [2.24, 2.45) is 0 Å². The van der Waals surface area contributed by atoms with E-state index in [1.807, 2.05) is 49.4 Å². The van der Waals surface area contributed by atoms with Crippen LogP contribution in [-0.4, -0.2) is 11.0 Å². The average molecular weight is 341 g/mol. The van der Waals surface area contributed by atoms with Gasteiger partial charge in [0.25, 0.3) is 0 Å². The third-order valence-electron chi connectivity index (χ3n) is 4.51. The van der Waals surface area contributed by atoms with Crippen molar-refractivity contribution in [1.29, 1.82) is 0 Å². The van der Waals surface area contributed by atoms with Crippen LogP contribution in [-0.2, 0) is 0 Å². The number of hydrogen-bond acceptors (Lipinski definition) is 2. The third-order valence-corrected chi connectivity index (χ3v) is 4.51. The van der Waals surface area contributed by atoms with Crippen LogP contribution in [0.5, 0.6) is 5.75 Å². The van der Waals surface area contributed by atoms with Gasteiger partial charge in [0.2, 0.25) is 0 Å². The summed E-state index contributed by atoms with van der Waals surface area (Å²) in [6.07, 6.45) is 0. The lowest BCUT2D eigenvalue weighted by atomic mass is 9.96. The van der Waals surface area contributed by atoms with Gasteiger partial charge in [-0.3, -0.25) is 0 Å². The second-order valence-corrected chi connectivity index (χ2v) is 6.42. The van der Waals surface area contributed by atoms with Crippen molar-refractivity contribution in [3.8, 4) is 16.9 Å². The van der Waals surface area contributed by atoms with Gasteiger partial charge < -0.3 is 9.72 Å². The molecule has 1 aromatic heterocycles. The molecule has 0 saturated carbocycles. The second-order valence-electron chi connectivity index (χ2n) is 6.42. The minimum Gasteiger partial charge on any atom is -0.423 e. The Labute approximate surface area is 152 Å². The predicted molar refractivity (Wildman–Crippen MR) is 105 cm³/mol. The number of aromatic amines is 1. The number of aromatic nitrogens is 1. The van der Waals surface area contributed by atoms with E-state index >= 15 is 0 Å². The molecule has 0 unspecified atom stereocenters. The first-order chi connectivity index (χ1) is 12.6. The first-order valence-electron chi connectivity index (χ1n) is 8.59. The molecule has 0 aliphatic rings. The fourth-order valence-corrected chi connectivity index (χ4v) is 3.32. The van der Waals surface area contributed by atoms with Gasteiger partial charge in [-0.05, 0) is 49.7 Å². The van der Waals surface area contributed by atoms with Crippen LogP contribution in [0.2, 0.25) is 0 Å². The van der Waals surface area contributed by atoms with Crippen LogP contribution in [0.3, 0.4) is 0 Å². The number of para-hydroxylation sites is 1. The van der Waals surface area contributed by atoms with Crippen molar-refractivity contribution in [2.45, 2.75) is 13.8 Å². The Kier molecular flexibility index (Phi) is 4.05. The summed E-state index contributed by atoms with van der Waals surface area (Å²) in [5.74, 6) is 0.187. The normalized spacial score (nSPS) is 10.8. The first-order valence-corrected chi connectivity index (χ1v) is 8.59. The van der Waals surface area contributed by atoms with Crippen LogP contribution in [0.4, 0.5) is 0 Å². The molecular weight excluding hydrogens is 322 g/mol. The van der Waals surface area contributed by atoms with E-state index in [1.54, 1.807) is 12.1 Å². The van der Waals surface area contributed by atoms with Crippen LogP contribution in [0.1, 0.15) is 21.6 Å². The largest absolute Gasteiger partial charge is 0.423 e. The number of carbonyl (C=O) groups is 1. The van der Waals surface area contributed by atoms with E-state index in [-0.39, 0.29) is 5.97 Å². The summed E-state index contributed by atoms with van der Waals surface area (Å²) in [6, 6.07) is 23.0. The van der Waals surface area contributed by atoms with Gasteiger partial charge in [0, 0.05) is 22.2 Å². The molecule has 3 heteroatoms. The minimum atomic E-state index is -0.354. The number of benzene rings is 3. The van der Waals surface area contributed by atoms with Gasteiger partial charge in [0.05, 0.1) is 5.56 Å². The summed E-state index contributed by atoms with van der Waals surface area (Å²) in [4.78, 5) is 16.2. The zero-order valence-corrected chi connectivity index (χ0v) is 14.7.